The van der Waals surface area contributed by atoms with E-state index in [4.69, 9.17) is 18.7 Å². The molecule has 1 saturated heterocycles. The molecule has 26 heavy (non-hydrogen) atoms. The van der Waals surface area contributed by atoms with E-state index in [2.05, 4.69) is 23.0 Å². The molecule has 0 radical (unpaired) electrons. The van der Waals surface area contributed by atoms with Crippen LogP contribution in [-0.4, -0.2) is 37.9 Å². The van der Waals surface area contributed by atoms with Crippen LogP contribution in [0.5, 0.6) is 17.2 Å². The predicted molar refractivity (Wildman–Crippen MR) is 99.0 cm³/mol. The molecule has 142 valence electrons. The lowest BCUT2D eigenvalue weighted by atomic mass is 10.1. The van der Waals surface area contributed by atoms with Crippen molar-refractivity contribution in [2.75, 3.05) is 27.9 Å². The first-order chi connectivity index (χ1) is 12.7. The highest BCUT2D eigenvalue weighted by atomic mass is 16.5. The minimum atomic E-state index is 0.280. The molecule has 0 spiro atoms. The molecule has 0 aliphatic carbocycles. The van der Waals surface area contributed by atoms with Gasteiger partial charge in [-0.3, -0.25) is 4.90 Å². The molecular weight excluding hydrogens is 332 g/mol. The molecule has 6 heteroatoms. The zero-order valence-electron chi connectivity index (χ0n) is 16.1. The molecule has 2 heterocycles. The Bertz CT molecular complexity index is 729. The third-order valence-corrected chi connectivity index (χ3v) is 4.94. The molecule has 1 unspecified atom stereocenters. The molecule has 1 aromatic carbocycles. The van der Waals surface area contributed by atoms with E-state index in [1.165, 1.54) is 0 Å². The van der Waals surface area contributed by atoms with Crippen LogP contribution in [0.25, 0.3) is 0 Å². The van der Waals surface area contributed by atoms with Crippen LogP contribution in [0.3, 0.4) is 0 Å². The monoisotopic (exact) mass is 360 g/mol. The lowest BCUT2D eigenvalue weighted by Gasteiger charge is -2.24. The number of aromatic nitrogens is 1. The largest absolute Gasteiger partial charge is 0.496 e. The van der Waals surface area contributed by atoms with Crippen molar-refractivity contribution in [1.29, 1.82) is 0 Å². The molecule has 0 saturated carbocycles. The molecule has 1 aliphatic rings. The number of methoxy groups -OCH3 is 3. The zero-order valence-corrected chi connectivity index (χ0v) is 16.1. The Morgan fingerprint density at radius 3 is 2.50 bits per heavy atom. The van der Waals surface area contributed by atoms with E-state index in [1.807, 2.05) is 12.1 Å². The minimum absolute atomic E-state index is 0.280. The molecule has 0 amide bonds. The van der Waals surface area contributed by atoms with Crippen molar-refractivity contribution in [2.24, 2.45) is 0 Å². The van der Waals surface area contributed by atoms with Crippen molar-refractivity contribution < 1.29 is 18.7 Å². The third kappa shape index (κ3) is 3.80. The van der Waals surface area contributed by atoms with Crippen molar-refractivity contribution in [3.05, 3.63) is 35.2 Å². The molecule has 1 aliphatic heterocycles. The van der Waals surface area contributed by atoms with Crippen molar-refractivity contribution in [2.45, 2.75) is 45.2 Å². The smallest absolute Gasteiger partial charge is 0.164 e. The highest BCUT2D eigenvalue weighted by Crippen LogP contribution is 2.38. The standard InChI is InChI=1S/C20H28N2O4/c1-5-7-15-11-16(21-26-15)17-8-6-9-22(17)13-14-10-19(24-3)20(25-4)12-18(14)23-2/h10-12,17H,5-9,13H2,1-4H3. The van der Waals surface area contributed by atoms with E-state index < -0.39 is 0 Å². The van der Waals surface area contributed by atoms with Gasteiger partial charge in [-0.15, -0.1) is 0 Å². The van der Waals surface area contributed by atoms with Crippen LogP contribution in [0.4, 0.5) is 0 Å². The summed E-state index contributed by atoms with van der Waals surface area (Å²) in [5, 5.41) is 4.32. The van der Waals surface area contributed by atoms with E-state index in [9.17, 15) is 0 Å². The summed E-state index contributed by atoms with van der Waals surface area (Å²) >= 11 is 0. The molecular formula is C20H28N2O4. The number of aryl methyl sites for hydroxylation is 1. The Kier molecular flexibility index (Phi) is 6.04. The SMILES string of the molecule is CCCc1cc(C2CCCN2Cc2cc(OC)c(OC)cc2OC)no1. The Hall–Kier alpha value is -2.21. The van der Waals surface area contributed by atoms with Gasteiger partial charge in [0.25, 0.3) is 0 Å². The van der Waals surface area contributed by atoms with Gasteiger partial charge in [-0.05, 0) is 31.9 Å². The number of nitrogens with zero attached hydrogens (tertiary/aromatic N) is 2. The van der Waals surface area contributed by atoms with Crippen LogP contribution in [-0.2, 0) is 13.0 Å². The first-order valence-electron chi connectivity index (χ1n) is 9.18. The van der Waals surface area contributed by atoms with Crippen LogP contribution in [0.2, 0.25) is 0 Å². The Labute approximate surface area is 155 Å². The average molecular weight is 360 g/mol. The van der Waals surface area contributed by atoms with Crippen LogP contribution in [0.15, 0.2) is 22.7 Å². The van der Waals surface area contributed by atoms with Gasteiger partial charge in [0, 0.05) is 30.7 Å². The van der Waals surface area contributed by atoms with Gasteiger partial charge >= 0.3 is 0 Å². The maximum absolute atomic E-state index is 5.58. The van der Waals surface area contributed by atoms with E-state index in [0.717, 1.165) is 61.5 Å². The number of ether oxygens (including phenoxy) is 3. The van der Waals surface area contributed by atoms with Gasteiger partial charge in [0.15, 0.2) is 11.5 Å². The molecule has 1 aromatic heterocycles. The summed E-state index contributed by atoms with van der Waals surface area (Å²) in [5.41, 5.74) is 2.11. The fourth-order valence-corrected chi connectivity index (χ4v) is 3.64. The normalized spacial score (nSPS) is 17.5. The first kappa shape index (κ1) is 18.6. The summed E-state index contributed by atoms with van der Waals surface area (Å²) in [7, 11) is 4.96. The van der Waals surface area contributed by atoms with Crippen LogP contribution >= 0.6 is 0 Å². The Morgan fingerprint density at radius 1 is 1.08 bits per heavy atom. The Balaban J connectivity index is 1.82. The number of hydrogen-bond acceptors (Lipinski definition) is 6. The third-order valence-electron chi connectivity index (χ3n) is 4.94. The molecule has 2 aromatic rings. The van der Waals surface area contributed by atoms with Crippen LogP contribution in [0, 0.1) is 0 Å². The summed E-state index contributed by atoms with van der Waals surface area (Å²) in [4.78, 5) is 2.43. The lowest BCUT2D eigenvalue weighted by Crippen LogP contribution is -2.23. The van der Waals surface area contributed by atoms with Gasteiger partial charge in [0.05, 0.1) is 27.4 Å². The van der Waals surface area contributed by atoms with Gasteiger partial charge < -0.3 is 18.7 Å². The van der Waals surface area contributed by atoms with E-state index in [-0.39, 0.29) is 6.04 Å². The topological polar surface area (TPSA) is 57.0 Å². The number of rotatable bonds is 8. The van der Waals surface area contributed by atoms with Gasteiger partial charge in [0.1, 0.15) is 17.2 Å². The van der Waals surface area contributed by atoms with Crippen LogP contribution in [0.1, 0.15) is 49.2 Å². The van der Waals surface area contributed by atoms with E-state index >= 15 is 0 Å². The predicted octanol–water partition coefficient (Wildman–Crippen LogP) is 3.99. The second-order valence-electron chi connectivity index (χ2n) is 6.62. The van der Waals surface area contributed by atoms with Crippen molar-refractivity contribution in [3.63, 3.8) is 0 Å². The van der Waals surface area contributed by atoms with Gasteiger partial charge in [-0.25, -0.2) is 0 Å². The maximum Gasteiger partial charge on any atom is 0.164 e. The van der Waals surface area contributed by atoms with E-state index in [0.29, 0.717) is 11.5 Å². The number of hydrogen-bond donors (Lipinski definition) is 0. The molecule has 3 rings (SSSR count). The second-order valence-corrected chi connectivity index (χ2v) is 6.62. The summed E-state index contributed by atoms with van der Waals surface area (Å²) in [5.74, 6) is 3.16. The summed E-state index contributed by atoms with van der Waals surface area (Å²) in [6.45, 7) is 3.94. The molecule has 0 bridgehead atoms. The average Bonchev–Trinajstić information content (AvgIpc) is 3.30. The van der Waals surface area contributed by atoms with Gasteiger partial charge in [-0.1, -0.05) is 12.1 Å². The highest BCUT2D eigenvalue weighted by Gasteiger charge is 2.29. The minimum Gasteiger partial charge on any atom is -0.496 e. The van der Waals surface area contributed by atoms with Gasteiger partial charge in [-0.2, -0.15) is 0 Å². The van der Waals surface area contributed by atoms with Crippen LogP contribution < -0.4 is 14.2 Å². The zero-order chi connectivity index (χ0) is 18.5. The second kappa shape index (κ2) is 8.45. The summed E-state index contributed by atoms with van der Waals surface area (Å²) < 4.78 is 21.9. The van der Waals surface area contributed by atoms with Crippen molar-refractivity contribution in [1.82, 2.24) is 10.1 Å². The van der Waals surface area contributed by atoms with Gasteiger partial charge in [0.2, 0.25) is 0 Å². The number of likely N-dealkylation sites (tertiary alicyclic amines) is 1. The highest BCUT2D eigenvalue weighted by molar-refractivity contribution is 5.50. The van der Waals surface area contributed by atoms with Crippen molar-refractivity contribution >= 4 is 0 Å². The fraction of sp³-hybridized carbons (Fsp3) is 0.550. The Morgan fingerprint density at radius 2 is 1.81 bits per heavy atom. The molecule has 1 atom stereocenters. The summed E-state index contributed by atoms with van der Waals surface area (Å²) in [6, 6.07) is 6.27. The number of benzene rings is 1. The fourth-order valence-electron chi connectivity index (χ4n) is 3.64. The first-order valence-corrected chi connectivity index (χ1v) is 9.18. The van der Waals surface area contributed by atoms with Crippen molar-refractivity contribution in [3.8, 4) is 17.2 Å². The quantitative estimate of drug-likeness (QED) is 0.709. The molecule has 0 N–H and O–H groups in total. The molecule has 6 nitrogen and oxygen atoms in total. The van der Waals surface area contributed by atoms with E-state index in [1.54, 1.807) is 21.3 Å². The maximum atomic E-state index is 5.58. The molecule has 1 fully saturated rings. The lowest BCUT2D eigenvalue weighted by molar-refractivity contribution is 0.232. The summed E-state index contributed by atoms with van der Waals surface area (Å²) in [6.07, 6.45) is 4.24.